The van der Waals surface area contributed by atoms with Gasteiger partial charge in [-0.25, -0.2) is 0 Å². The molecule has 0 aromatic heterocycles. The van der Waals surface area contributed by atoms with E-state index >= 15 is 0 Å². The first-order chi connectivity index (χ1) is 6.59. The van der Waals surface area contributed by atoms with E-state index in [4.69, 9.17) is 5.73 Å². The second kappa shape index (κ2) is 5.26. The van der Waals surface area contributed by atoms with Crippen molar-refractivity contribution in [3.63, 3.8) is 0 Å². The van der Waals surface area contributed by atoms with Crippen LogP contribution in [0.3, 0.4) is 0 Å². The van der Waals surface area contributed by atoms with E-state index in [0.717, 1.165) is 10.0 Å². The normalized spacial score (nSPS) is 12.4. The van der Waals surface area contributed by atoms with E-state index in [2.05, 4.69) is 15.9 Å². The molecule has 3 nitrogen and oxygen atoms in total. The molecule has 0 radical (unpaired) electrons. The van der Waals surface area contributed by atoms with Crippen LogP contribution in [0.25, 0.3) is 0 Å². The fraction of sp³-hybridized carbons (Fsp3) is 0.222. The molecule has 1 aromatic carbocycles. The van der Waals surface area contributed by atoms with Gasteiger partial charge in [-0.15, -0.1) is 0 Å². The van der Waals surface area contributed by atoms with E-state index in [0.29, 0.717) is 5.75 Å². The average molecular weight is 276 g/mol. The number of rotatable bonds is 4. The molecule has 14 heavy (non-hydrogen) atoms. The third-order valence-corrected chi connectivity index (χ3v) is 3.59. The highest BCUT2D eigenvalue weighted by Gasteiger charge is 2.07. The summed E-state index contributed by atoms with van der Waals surface area (Å²) < 4.78 is 12.3. The average Bonchev–Trinajstić information content (AvgIpc) is 2.07. The van der Waals surface area contributed by atoms with Crippen LogP contribution in [0.4, 0.5) is 0 Å². The Morgan fingerprint density at radius 3 is 2.64 bits per heavy atom. The Bertz CT molecular complexity index is 368. The summed E-state index contributed by atoms with van der Waals surface area (Å²) in [7, 11) is -1.22. The second-order valence-corrected chi connectivity index (χ2v) is 5.10. The third kappa shape index (κ3) is 3.59. The van der Waals surface area contributed by atoms with Crippen LogP contribution in [0.2, 0.25) is 0 Å². The van der Waals surface area contributed by atoms with Gasteiger partial charge in [0, 0.05) is 15.3 Å². The van der Waals surface area contributed by atoms with Crippen LogP contribution in [0.15, 0.2) is 28.7 Å². The van der Waals surface area contributed by atoms with Crippen molar-refractivity contribution in [3.8, 4) is 0 Å². The molecule has 0 saturated heterocycles. The van der Waals surface area contributed by atoms with Crippen LogP contribution in [0.1, 0.15) is 5.56 Å². The van der Waals surface area contributed by atoms with Gasteiger partial charge in [-0.2, -0.15) is 0 Å². The molecule has 2 N–H and O–H groups in total. The third-order valence-electron chi connectivity index (χ3n) is 1.58. The van der Waals surface area contributed by atoms with E-state index in [9.17, 15) is 9.00 Å². The Kier molecular flexibility index (Phi) is 4.28. The maximum absolute atomic E-state index is 11.4. The van der Waals surface area contributed by atoms with Gasteiger partial charge >= 0.3 is 0 Å². The standard InChI is InChI=1S/C9H10BrNO2S/c10-8-4-2-1-3-7(8)5-14(13)6-9(11)12/h1-4H,5-6H2,(H2,11,12). The number of carbonyl (C=O) groups is 1. The molecule has 0 aliphatic carbocycles. The molecule has 1 rings (SSSR count). The summed E-state index contributed by atoms with van der Waals surface area (Å²) >= 11 is 3.34. The molecule has 5 heteroatoms. The number of hydrogen-bond acceptors (Lipinski definition) is 2. The van der Waals surface area contributed by atoms with E-state index in [-0.39, 0.29) is 5.75 Å². The minimum Gasteiger partial charge on any atom is -0.369 e. The Morgan fingerprint density at radius 2 is 2.07 bits per heavy atom. The van der Waals surface area contributed by atoms with Crippen molar-refractivity contribution in [1.82, 2.24) is 0 Å². The molecule has 76 valence electrons. The van der Waals surface area contributed by atoms with Gasteiger partial charge in [0.2, 0.25) is 5.91 Å². The van der Waals surface area contributed by atoms with Crippen LogP contribution in [0.5, 0.6) is 0 Å². The minimum atomic E-state index is -1.22. The Balaban J connectivity index is 2.65. The number of halogens is 1. The molecule has 1 atom stereocenters. The molecule has 0 spiro atoms. The molecular weight excluding hydrogens is 266 g/mol. The molecule has 1 amide bonds. The summed E-state index contributed by atoms with van der Waals surface area (Å²) in [5.74, 6) is -0.263. The van der Waals surface area contributed by atoms with E-state index in [1.54, 1.807) is 0 Å². The summed E-state index contributed by atoms with van der Waals surface area (Å²) in [6, 6.07) is 7.48. The smallest absolute Gasteiger partial charge is 0.230 e. The molecule has 0 aliphatic rings. The first-order valence-corrected chi connectivity index (χ1v) is 6.24. The number of benzene rings is 1. The zero-order chi connectivity index (χ0) is 10.6. The van der Waals surface area contributed by atoms with Gasteiger partial charge < -0.3 is 5.73 Å². The Labute approximate surface area is 93.3 Å². The van der Waals surface area contributed by atoms with Gasteiger partial charge in [-0.05, 0) is 11.6 Å². The zero-order valence-electron chi connectivity index (χ0n) is 7.40. The summed E-state index contributed by atoms with van der Waals surface area (Å²) in [4.78, 5) is 10.5. The molecule has 0 heterocycles. The molecule has 1 unspecified atom stereocenters. The Morgan fingerprint density at radius 1 is 1.43 bits per heavy atom. The van der Waals surface area contributed by atoms with Gasteiger partial charge in [-0.1, -0.05) is 34.1 Å². The maximum Gasteiger partial charge on any atom is 0.230 e. The number of primary amides is 1. The summed E-state index contributed by atoms with van der Waals surface area (Å²) in [5, 5.41) is 0. The lowest BCUT2D eigenvalue weighted by molar-refractivity contribution is -0.115. The number of hydrogen-bond donors (Lipinski definition) is 1. The lowest BCUT2D eigenvalue weighted by atomic mass is 10.2. The summed E-state index contributed by atoms with van der Waals surface area (Å²) in [6.07, 6.45) is 0. The number of carbonyl (C=O) groups excluding carboxylic acids is 1. The topological polar surface area (TPSA) is 60.2 Å². The molecule has 1 aromatic rings. The summed E-state index contributed by atoms with van der Waals surface area (Å²) in [6.45, 7) is 0. The minimum absolute atomic E-state index is 0.0820. The van der Waals surface area contributed by atoms with Crippen molar-refractivity contribution >= 4 is 32.6 Å². The van der Waals surface area contributed by atoms with Gasteiger partial charge in [0.1, 0.15) is 5.75 Å². The second-order valence-electron chi connectivity index (χ2n) is 2.79. The Hall–Kier alpha value is -0.680. The van der Waals surface area contributed by atoms with E-state index in [1.165, 1.54) is 0 Å². The lowest BCUT2D eigenvalue weighted by Gasteiger charge is -2.02. The monoisotopic (exact) mass is 275 g/mol. The number of nitrogens with two attached hydrogens (primary N) is 1. The quantitative estimate of drug-likeness (QED) is 0.897. The maximum atomic E-state index is 11.4. The highest BCUT2D eigenvalue weighted by Crippen LogP contribution is 2.17. The predicted molar refractivity (Wildman–Crippen MR) is 60.0 cm³/mol. The van der Waals surface area contributed by atoms with Crippen LogP contribution < -0.4 is 5.73 Å². The van der Waals surface area contributed by atoms with Crippen LogP contribution >= 0.6 is 15.9 Å². The fourth-order valence-electron chi connectivity index (χ4n) is 0.999. The van der Waals surface area contributed by atoms with Crippen molar-refractivity contribution in [2.45, 2.75) is 5.75 Å². The predicted octanol–water partition coefficient (Wildman–Crippen LogP) is 1.18. The zero-order valence-corrected chi connectivity index (χ0v) is 9.81. The van der Waals surface area contributed by atoms with E-state index < -0.39 is 16.7 Å². The summed E-state index contributed by atoms with van der Waals surface area (Å²) in [5.41, 5.74) is 5.86. The van der Waals surface area contributed by atoms with Crippen molar-refractivity contribution in [2.24, 2.45) is 5.73 Å². The van der Waals surface area contributed by atoms with Gasteiger partial charge in [0.15, 0.2) is 0 Å². The van der Waals surface area contributed by atoms with Crippen molar-refractivity contribution in [1.29, 1.82) is 0 Å². The van der Waals surface area contributed by atoms with Crippen LogP contribution in [-0.4, -0.2) is 15.9 Å². The first-order valence-electron chi connectivity index (χ1n) is 3.96. The van der Waals surface area contributed by atoms with Crippen molar-refractivity contribution < 1.29 is 9.00 Å². The van der Waals surface area contributed by atoms with Gasteiger partial charge in [0.05, 0.1) is 5.75 Å². The highest BCUT2D eigenvalue weighted by atomic mass is 79.9. The van der Waals surface area contributed by atoms with Crippen LogP contribution in [-0.2, 0) is 21.3 Å². The molecular formula is C9H10BrNO2S. The molecule has 0 aliphatic heterocycles. The fourth-order valence-corrected chi connectivity index (χ4v) is 2.63. The lowest BCUT2D eigenvalue weighted by Crippen LogP contribution is -2.20. The van der Waals surface area contributed by atoms with Gasteiger partial charge in [-0.3, -0.25) is 9.00 Å². The SMILES string of the molecule is NC(=O)CS(=O)Cc1ccccc1Br. The molecule has 0 fully saturated rings. The molecule has 0 bridgehead atoms. The number of amides is 1. The van der Waals surface area contributed by atoms with E-state index in [1.807, 2.05) is 24.3 Å². The van der Waals surface area contributed by atoms with Crippen molar-refractivity contribution in [2.75, 3.05) is 5.75 Å². The highest BCUT2D eigenvalue weighted by molar-refractivity contribution is 9.10. The van der Waals surface area contributed by atoms with Crippen LogP contribution in [0, 0.1) is 0 Å². The largest absolute Gasteiger partial charge is 0.369 e. The first kappa shape index (κ1) is 11.4. The van der Waals surface area contributed by atoms with Crippen molar-refractivity contribution in [3.05, 3.63) is 34.3 Å². The molecule has 0 saturated carbocycles. The van der Waals surface area contributed by atoms with Gasteiger partial charge in [0.25, 0.3) is 0 Å².